The zero-order valence-electron chi connectivity index (χ0n) is 19.8. The van der Waals surface area contributed by atoms with Crippen molar-refractivity contribution in [3.8, 4) is 11.1 Å². The molecule has 2 heterocycles. The van der Waals surface area contributed by atoms with Crippen LogP contribution < -0.4 is 10.2 Å². The van der Waals surface area contributed by atoms with Gasteiger partial charge in [0.15, 0.2) is 0 Å². The number of amides is 1. The van der Waals surface area contributed by atoms with Gasteiger partial charge in [-0.1, -0.05) is 48.5 Å². The molecular formula is C29H30N4O. The van der Waals surface area contributed by atoms with Crippen molar-refractivity contribution in [3.05, 3.63) is 84.6 Å². The van der Waals surface area contributed by atoms with Crippen molar-refractivity contribution in [1.82, 2.24) is 9.97 Å². The molecule has 1 N–H and O–H groups in total. The summed E-state index contributed by atoms with van der Waals surface area (Å²) in [6.07, 6.45) is 5.61. The first-order valence-electron chi connectivity index (χ1n) is 12.0. The van der Waals surface area contributed by atoms with E-state index >= 15 is 0 Å². The average molecular weight is 451 g/mol. The van der Waals surface area contributed by atoms with Crippen LogP contribution >= 0.6 is 0 Å². The van der Waals surface area contributed by atoms with E-state index in [2.05, 4.69) is 27.3 Å². The van der Waals surface area contributed by atoms with Crippen LogP contribution in [0.15, 0.2) is 79.0 Å². The maximum atomic E-state index is 13.0. The number of anilines is 2. The van der Waals surface area contributed by atoms with Gasteiger partial charge in [-0.3, -0.25) is 9.78 Å². The van der Waals surface area contributed by atoms with Gasteiger partial charge in [0, 0.05) is 18.8 Å². The third-order valence-corrected chi connectivity index (χ3v) is 6.75. The first-order valence-corrected chi connectivity index (χ1v) is 12.0. The maximum absolute atomic E-state index is 13.0. The van der Waals surface area contributed by atoms with Crippen LogP contribution in [0.25, 0.3) is 22.2 Å². The van der Waals surface area contributed by atoms with E-state index in [4.69, 9.17) is 4.98 Å². The third kappa shape index (κ3) is 4.51. The topological polar surface area (TPSA) is 58.1 Å². The number of rotatable bonds is 5. The highest BCUT2D eigenvalue weighted by molar-refractivity contribution is 5.98. The highest BCUT2D eigenvalue weighted by Crippen LogP contribution is 2.28. The summed E-state index contributed by atoms with van der Waals surface area (Å²) in [5.74, 6) is 0.932. The Morgan fingerprint density at radius 2 is 1.56 bits per heavy atom. The molecule has 172 valence electrons. The summed E-state index contributed by atoms with van der Waals surface area (Å²) < 4.78 is 0. The zero-order valence-corrected chi connectivity index (χ0v) is 19.8. The number of carbonyl (C=O) groups excluding carboxylic acids is 1. The number of fused-ring (bicyclic) bond motifs is 1. The quantitative estimate of drug-likeness (QED) is 0.393. The van der Waals surface area contributed by atoms with Crippen LogP contribution in [0.1, 0.15) is 38.7 Å². The van der Waals surface area contributed by atoms with Crippen LogP contribution in [-0.2, 0) is 10.2 Å². The Bertz CT molecular complexity index is 1290. The van der Waals surface area contributed by atoms with Crippen LogP contribution in [0.2, 0.25) is 0 Å². The number of benzene rings is 3. The Balaban J connectivity index is 1.34. The monoisotopic (exact) mass is 450 g/mol. The molecule has 5 heteroatoms. The predicted octanol–water partition coefficient (Wildman–Crippen LogP) is 6.20. The number of nitrogens with zero attached hydrogens (tertiary/aromatic N) is 3. The van der Waals surface area contributed by atoms with Gasteiger partial charge < -0.3 is 10.2 Å². The van der Waals surface area contributed by atoms with E-state index < -0.39 is 5.41 Å². The van der Waals surface area contributed by atoms with Crippen LogP contribution in [0.5, 0.6) is 0 Å². The van der Waals surface area contributed by atoms with Gasteiger partial charge in [-0.25, -0.2) is 4.98 Å². The summed E-state index contributed by atoms with van der Waals surface area (Å²) in [4.78, 5) is 24.8. The summed E-state index contributed by atoms with van der Waals surface area (Å²) in [7, 11) is 0. The van der Waals surface area contributed by atoms with Crippen molar-refractivity contribution in [2.45, 2.75) is 38.5 Å². The number of piperidine rings is 1. The molecule has 1 aromatic heterocycles. The molecule has 1 aliphatic rings. The summed E-state index contributed by atoms with van der Waals surface area (Å²) in [5, 5.41) is 3.07. The Hall–Kier alpha value is -3.73. The SMILES string of the molecule is CC(C)(C(=O)Nc1ccc(-c2ccc3ncc(N4CCCCC4)nc3c2)cc1)c1ccccc1. The molecule has 1 amide bonds. The summed E-state index contributed by atoms with van der Waals surface area (Å²) in [5.41, 5.74) is 5.12. The molecule has 0 radical (unpaired) electrons. The molecular weight excluding hydrogens is 420 g/mol. The van der Waals surface area contributed by atoms with E-state index in [1.807, 2.05) is 80.7 Å². The minimum atomic E-state index is -0.622. The number of hydrogen-bond donors (Lipinski definition) is 1. The highest BCUT2D eigenvalue weighted by atomic mass is 16.2. The molecule has 5 nitrogen and oxygen atoms in total. The normalized spacial score (nSPS) is 14.2. The Kier molecular flexibility index (Phi) is 6.01. The van der Waals surface area contributed by atoms with Gasteiger partial charge in [0.2, 0.25) is 5.91 Å². The molecule has 34 heavy (non-hydrogen) atoms. The van der Waals surface area contributed by atoms with Gasteiger partial charge in [-0.15, -0.1) is 0 Å². The first-order chi connectivity index (χ1) is 16.5. The largest absolute Gasteiger partial charge is 0.355 e. The number of hydrogen-bond acceptors (Lipinski definition) is 4. The minimum Gasteiger partial charge on any atom is -0.355 e. The van der Waals surface area contributed by atoms with Gasteiger partial charge in [0.05, 0.1) is 22.6 Å². The molecule has 1 saturated heterocycles. The Morgan fingerprint density at radius 3 is 2.29 bits per heavy atom. The second-order valence-electron chi connectivity index (χ2n) is 9.50. The molecule has 0 atom stereocenters. The molecule has 0 saturated carbocycles. The van der Waals surface area contributed by atoms with Crippen LogP contribution in [0.3, 0.4) is 0 Å². The lowest BCUT2D eigenvalue weighted by Crippen LogP contribution is -2.34. The van der Waals surface area contributed by atoms with Crippen molar-refractivity contribution in [1.29, 1.82) is 0 Å². The van der Waals surface area contributed by atoms with Crippen LogP contribution in [0.4, 0.5) is 11.5 Å². The number of aromatic nitrogens is 2. The van der Waals surface area contributed by atoms with E-state index in [0.29, 0.717) is 0 Å². The fraction of sp³-hybridized carbons (Fsp3) is 0.276. The summed E-state index contributed by atoms with van der Waals surface area (Å²) in [6.45, 7) is 5.99. The lowest BCUT2D eigenvalue weighted by molar-refractivity contribution is -0.120. The molecule has 1 aliphatic heterocycles. The van der Waals surface area contributed by atoms with Crippen LogP contribution in [-0.4, -0.2) is 29.0 Å². The molecule has 3 aromatic carbocycles. The van der Waals surface area contributed by atoms with E-state index in [9.17, 15) is 4.79 Å². The van der Waals surface area contributed by atoms with E-state index in [-0.39, 0.29) is 5.91 Å². The van der Waals surface area contributed by atoms with E-state index in [0.717, 1.165) is 52.3 Å². The first kappa shape index (κ1) is 22.1. The Morgan fingerprint density at radius 1 is 0.853 bits per heavy atom. The lowest BCUT2D eigenvalue weighted by atomic mass is 9.83. The van der Waals surface area contributed by atoms with Gasteiger partial charge >= 0.3 is 0 Å². The average Bonchev–Trinajstić information content (AvgIpc) is 2.89. The predicted molar refractivity (Wildman–Crippen MR) is 139 cm³/mol. The molecule has 0 spiro atoms. The standard InChI is InChI=1S/C29H30N4O/c1-29(2,23-9-5-3-6-10-23)28(34)31-24-14-11-21(12-15-24)22-13-16-25-26(19-22)32-27(20-30-25)33-17-7-4-8-18-33/h3,5-6,9-16,19-20H,4,7-8,17-18H2,1-2H3,(H,31,34). The van der Waals surface area contributed by atoms with Gasteiger partial charge in [-0.2, -0.15) is 0 Å². The number of carbonyl (C=O) groups is 1. The fourth-order valence-electron chi connectivity index (χ4n) is 4.48. The van der Waals surface area contributed by atoms with E-state index in [1.54, 1.807) is 0 Å². The highest BCUT2D eigenvalue weighted by Gasteiger charge is 2.29. The molecule has 1 fully saturated rings. The van der Waals surface area contributed by atoms with Gasteiger partial charge in [0.1, 0.15) is 5.82 Å². The van der Waals surface area contributed by atoms with Crippen LogP contribution in [0, 0.1) is 0 Å². The molecule has 0 aliphatic carbocycles. The third-order valence-electron chi connectivity index (χ3n) is 6.75. The summed E-state index contributed by atoms with van der Waals surface area (Å²) in [6, 6.07) is 24.0. The molecule has 0 bridgehead atoms. The lowest BCUT2D eigenvalue weighted by Gasteiger charge is -2.27. The van der Waals surface area contributed by atoms with Crippen molar-refractivity contribution in [3.63, 3.8) is 0 Å². The van der Waals surface area contributed by atoms with E-state index in [1.165, 1.54) is 19.3 Å². The minimum absolute atomic E-state index is 0.0299. The fourth-order valence-corrected chi connectivity index (χ4v) is 4.48. The Labute approximate surface area is 200 Å². The number of nitrogens with one attached hydrogen (secondary N) is 1. The maximum Gasteiger partial charge on any atom is 0.234 e. The molecule has 5 rings (SSSR count). The summed E-state index contributed by atoms with van der Waals surface area (Å²) >= 11 is 0. The smallest absolute Gasteiger partial charge is 0.234 e. The zero-order chi connectivity index (χ0) is 23.5. The van der Waals surface area contributed by atoms with Crippen molar-refractivity contribution < 1.29 is 4.79 Å². The van der Waals surface area contributed by atoms with Crippen molar-refractivity contribution >= 4 is 28.4 Å². The molecule has 0 unspecified atom stereocenters. The van der Waals surface area contributed by atoms with Gasteiger partial charge in [0.25, 0.3) is 0 Å². The van der Waals surface area contributed by atoms with Gasteiger partial charge in [-0.05, 0) is 74.1 Å². The second kappa shape index (κ2) is 9.26. The van der Waals surface area contributed by atoms with Crippen molar-refractivity contribution in [2.24, 2.45) is 0 Å². The second-order valence-corrected chi connectivity index (χ2v) is 9.50. The van der Waals surface area contributed by atoms with Crippen molar-refractivity contribution in [2.75, 3.05) is 23.3 Å². The molecule has 4 aromatic rings.